The van der Waals surface area contributed by atoms with Crippen LogP contribution in [0.2, 0.25) is 0 Å². The molecule has 0 spiro atoms. The average molecular weight is 256 g/mol. The van der Waals surface area contributed by atoms with Crippen LogP contribution in [-0.2, 0) is 0 Å². The first-order valence-electron chi connectivity index (χ1n) is 5.25. The summed E-state index contributed by atoms with van der Waals surface area (Å²) >= 11 is 1.09. The van der Waals surface area contributed by atoms with Crippen molar-refractivity contribution in [2.75, 3.05) is 5.73 Å². The van der Waals surface area contributed by atoms with E-state index >= 15 is 0 Å². The molecule has 0 aliphatic carbocycles. The van der Waals surface area contributed by atoms with Crippen molar-refractivity contribution in [3.05, 3.63) is 16.5 Å². The number of Topliss-reactive ketones (excluding diaryl/α,β-unsaturated/α-hetero) is 1. The van der Waals surface area contributed by atoms with Crippen molar-refractivity contribution in [1.29, 1.82) is 0 Å². The van der Waals surface area contributed by atoms with Gasteiger partial charge in [0.25, 0.3) is 5.91 Å². The monoisotopic (exact) mass is 256 g/mol. The van der Waals surface area contributed by atoms with Gasteiger partial charge in [0, 0.05) is 5.92 Å². The molecule has 17 heavy (non-hydrogen) atoms. The molecule has 1 atom stereocenters. The van der Waals surface area contributed by atoms with E-state index in [0.29, 0.717) is 4.88 Å². The van der Waals surface area contributed by atoms with Crippen molar-refractivity contribution in [2.24, 2.45) is 5.92 Å². The lowest BCUT2D eigenvalue weighted by Gasteiger charge is -2.06. The molecule has 0 saturated carbocycles. The quantitative estimate of drug-likeness (QED) is 0.558. The Balaban J connectivity index is 2.96. The summed E-state index contributed by atoms with van der Waals surface area (Å²) < 4.78 is 0. The molecule has 0 aliphatic rings. The Morgan fingerprint density at radius 1 is 1.41 bits per heavy atom. The van der Waals surface area contributed by atoms with Crippen LogP contribution in [0.5, 0.6) is 0 Å². The molecule has 1 amide bonds. The zero-order valence-electron chi connectivity index (χ0n) is 9.98. The zero-order valence-corrected chi connectivity index (χ0v) is 10.8. The van der Waals surface area contributed by atoms with Crippen LogP contribution >= 0.6 is 11.3 Å². The van der Waals surface area contributed by atoms with E-state index in [1.54, 1.807) is 13.8 Å². The lowest BCUT2D eigenvalue weighted by molar-refractivity contribution is 0.0820. The van der Waals surface area contributed by atoms with Gasteiger partial charge in [-0.3, -0.25) is 9.59 Å². The second-order valence-corrected chi connectivity index (χ2v) is 5.14. The molecule has 0 radical (unpaired) electrons. The average Bonchev–Trinajstić information content (AvgIpc) is 2.58. The Bertz CT molecular complexity index is 438. The Hall–Kier alpha value is -1.40. The van der Waals surface area contributed by atoms with Gasteiger partial charge in [-0.15, -0.1) is 11.3 Å². The van der Waals surface area contributed by atoms with Crippen LogP contribution in [0.1, 0.15) is 40.8 Å². The van der Waals surface area contributed by atoms with Crippen molar-refractivity contribution in [3.63, 3.8) is 0 Å². The predicted molar refractivity (Wildman–Crippen MR) is 67.0 cm³/mol. The van der Waals surface area contributed by atoms with Crippen LogP contribution in [0, 0.1) is 5.92 Å². The molecule has 0 saturated heterocycles. The molecule has 0 aliphatic heterocycles. The van der Waals surface area contributed by atoms with Gasteiger partial charge in [-0.1, -0.05) is 13.8 Å². The number of rotatable bonds is 4. The molecular weight excluding hydrogens is 240 g/mol. The molecule has 0 bridgehead atoms. The van der Waals surface area contributed by atoms with Gasteiger partial charge in [-0.25, -0.2) is 0 Å². The van der Waals surface area contributed by atoms with Gasteiger partial charge in [0.05, 0.1) is 15.4 Å². The molecule has 1 heterocycles. The highest BCUT2D eigenvalue weighted by Gasteiger charge is 2.20. The van der Waals surface area contributed by atoms with Gasteiger partial charge < -0.3 is 16.2 Å². The highest BCUT2D eigenvalue weighted by molar-refractivity contribution is 7.18. The fraction of sp³-hybridized carbons (Fsp3) is 0.455. The third-order valence-corrected chi connectivity index (χ3v) is 3.09. The molecule has 94 valence electrons. The molecule has 1 unspecified atom stereocenters. The second-order valence-electron chi connectivity index (χ2n) is 4.06. The lowest BCUT2D eigenvalue weighted by Crippen LogP contribution is -2.32. The molecule has 1 aromatic rings. The Labute approximate surface area is 104 Å². The normalized spacial score (nSPS) is 12.5. The summed E-state index contributed by atoms with van der Waals surface area (Å²) in [6.07, 6.45) is -0.953. The zero-order chi connectivity index (χ0) is 13.2. The fourth-order valence-corrected chi connectivity index (χ4v) is 2.27. The van der Waals surface area contributed by atoms with E-state index in [2.05, 4.69) is 5.32 Å². The predicted octanol–water partition coefficient (Wildman–Crippen LogP) is 1.24. The number of nitrogens with one attached hydrogen (secondary N) is 1. The van der Waals surface area contributed by atoms with Crippen LogP contribution in [0.15, 0.2) is 6.07 Å². The largest absolute Gasteiger partial charge is 0.390 e. The number of hydrogen-bond donors (Lipinski definition) is 3. The van der Waals surface area contributed by atoms with E-state index in [4.69, 9.17) is 10.8 Å². The SMILES string of the molecule is CC(O)NC(=O)c1cc(C(=O)C(C)C)sc1N. The third kappa shape index (κ3) is 3.28. The lowest BCUT2D eigenvalue weighted by atomic mass is 10.1. The van der Waals surface area contributed by atoms with Crippen molar-refractivity contribution in [2.45, 2.75) is 27.0 Å². The molecular formula is C11H16N2O3S. The van der Waals surface area contributed by atoms with Gasteiger partial charge in [-0.2, -0.15) is 0 Å². The van der Waals surface area contributed by atoms with Crippen LogP contribution in [0.25, 0.3) is 0 Å². The highest BCUT2D eigenvalue weighted by atomic mass is 32.1. The first kappa shape index (κ1) is 13.7. The van der Waals surface area contributed by atoms with Gasteiger partial charge in [-0.05, 0) is 13.0 Å². The van der Waals surface area contributed by atoms with Gasteiger partial charge in [0.2, 0.25) is 0 Å². The number of aliphatic hydroxyl groups excluding tert-OH is 1. The van der Waals surface area contributed by atoms with E-state index in [0.717, 1.165) is 11.3 Å². The van der Waals surface area contributed by atoms with E-state index in [1.807, 2.05) is 0 Å². The number of ketones is 1. The summed E-state index contributed by atoms with van der Waals surface area (Å²) in [6, 6.07) is 1.47. The molecule has 0 fully saturated rings. The number of amides is 1. The minimum Gasteiger partial charge on any atom is -0.390 e. The fourth-order valence-electron chi connectivity index (χ4n) is 1.26. The van der Waals surface area contributed by atoms with Crippen LogP contribution in [0.4, 0.5) is 5.00 Å². The number of thiophene rings is 1. The molecule has 0 aromatic carbocycles. The summed E-state index contributed by atoms with van der Waals surface area (Å²) in [6.45, 7) is 5.00. The maximum Gasteiger partial charge on any atom is 0.256 e. The van der Waals surface area contributed by atoms with Crippen molar-refractivity contribution >= 4 is 28.0 Å². The van der Waals surface area contributed by atoms with Gasteiger partial charge >= 0.3 is 0 Å². The molecule has 5 nitrogen and oxygen atoms in total. The van der Waals surface area contributed by atoms with E-state index in [1.165, 1.54) is 13.0 Å². The highest BCUT2D eigenvalue weighted by Crippen LogP contribution is 2.27. The Morgan fingerprint density at radius 3 is 2.47 bits per heavy atom. The first-order valence-corrected chi connectivity index (χ1v) is 6.07. The van der Waals surface area contributed by atoms with Gasteiger partial charge in [0.15, 0.2) is 5.78 Å². The van der Waals surface area contributed by atoms with Crippen molar-refractivity contribution in [3.8, 4) is 0 Å². The number of hydrogen-bond acceptors (Lipinski definition) is 5. The number of anilines is 1. The van der Waals surface area contributed by atoms with Crippen LogP contribution < -0.4 is 11.1 Å². The van der Waals surface area contributed by atoms with E-state index in [-0.39, 0.29) is 22.3 Å². The van der Waals surface area contributed by atoms with E-state index in [9.17, 15) is 9.59 Å². The standard InChI is InChI=1S/C11H16N2O3S/c1-5(2)9(15)8-4-7(10(12)17-8)11(16)13-6(3)14/h4-6,14H,12H2,1-3H3,(H,13,16). The molecule has 1 rings (SSSR count). The second kappa shape index (κ2) is 5.29. The summed E-state index contributed by atoms with van der Waals surface area (Å²) in [5.74, 6) is -0.657. The Morgan fingerprint density at radius 2 is 2.00 bits per heavy atom. The van der Waals surface area contributed by atoms with E-state index < -0.39 is 12.1 Å². The molecule has 1 aromatic heterocycles. The van der Waals surface area contributed by atoms with Crippen molar-refractivity contribution in [1.82, 2.24) is 5.32 Å². The number of nitrogen functional groups attached to an aromatic ring is 1. The number of carbonyl (C=O) groups excluding carboxylic acids is 2. The maximum absolute atomic E-state index is 11.7. The van der Waals surface area contributed by atoms with Crippen LogP contribution in [0.3, 0.4) is 0 Å². The number of nitrogens with two attached hydrogens (primary N) is 1. The Kier molecular flexibility index (Phi) is 4.25. The maximum atomic E-state index is 11.7. The topological polar surface area (TPSA) is 92.4 Å². The molecule has 4 N–H and O–H groups in total. The summed E-state index contributed by atoms with van der Waals surface area (Å²) in [5.41, 5.74) is 5.92. The minimum absolute atomic E-state index is 0.0437. The van der Waals surface area contributed by atoms with Gasteiger partial charge in [0.1, 0.15) is 6.23 Å². The minimum atomic E-state index is -0.953. The molecule has 6 heteroatoms. The summed E-state index contributed by atoms with van der Waals surface area (Å²) in [4.78, 5) is 23.8. The van der Waals surface area contributed by atoms with Crippen molar-refractivity contribution < 1.29 is 14.7 Å². The van der Waals surface area contributed by atoms with Crippen LogP contribution in [-0.4, -0.2) is 23.0 Å². The smallest absolute Gasteiger partial charge is 0.256 e. The summed E-state index contributed by atoms with van der Waals surface area (Å²) in [7, 11) is 0. The number of aliphatic hydroxyl groups is 1. The number of carbonyl (C=O) groups is 2. The first-order chi connectivity index (χ1) is 7.82. The third-order valence-electron chi connectivity index (χ3n) is 2.11. The summed E-state index contributed by atoms with van der Waals surface area (Å²) in [5, 5.41) is 11.6.